The summed E-state index contributed by atoms with van der Waals surface area (Å²) in [5.74, 6) is 0. The van der Waals surface area contributed by atoms with E-state index >= 15 is 0 Å². The fourth-order valence-electron chi connectivity index (χ4n) is 1.68. The van der Waals surface area contributed by atoms with Gasteiger partial charge in [-0.15, -0.1) is 0 Å². The van der Waals surface area contributed by atoms with Crippen LogP contribution < -0.4 is 10.6 Å². The van der Waals surface area contributed by atoms with Crippen LogP contribution in [0.4, 0.5) is 0 Å². The molecule has 1 saturated carbocycles. The molecule has 0 aromatic carbocycles. The van der Waals surface area contributed by atoms with Gasteiger partial charge in [0, 0.05) is 26.2 Å². The molecule has 1 aliphatic heterocycles. The zero-order valence-electron chi connectivity index (χ0n) is 8.44. The molecule has 2 fully saturated rings. The second-order valence-corrected chi connectivity index (χ2v) is 4.64. The highest BCUT2D eigenvalue weighted by atomic mass is 16.5. The third-order valence-electron chi connectivity index (χ3n) is 3.03. The number of ether oxygens (including phenoxy) is 1. The Bertz CT molecular complexity index is 162. The Balaban J connectivity index is 1.56. The summed E-state index contributed by atoms with van der Waals surface area (Å²) in [7, 11) is 0. The molecular formula is C10H20N2O. The minimum atomic E-state index is 0.385. The minimum Gasteiger partial charge on any atom is -0.374 e. The first-order valence-corrected chi connectivity index (χ1v) is 5.32. The lowest BCUT2D eigenvalue weighted by Gasteiger charge is -2.24. The van der Waals surface area contributed by atoms with Crippen LogP contribution in [0.1, 0.15) is 19.8 Å². The molecule has 3 heteroatoms. The summed E-state index contributed by atoms with van der Waals surface area (Å²) in [5.41, 5.74) is 0.613. The lowest BCUT2D eigenvalue weighted by molar-refractivity contribution is 0.0287. The van der Waals surface area contributed by atoms with Crippen LogP contribution in [0.3, 0.4) is 0 Å². The van der Waals surface area contributed by atoms with Crippen LogP contribution in [0.5, 0.6) is 0 Å². The second kappa shape index (κ2) is 3.95. The van der Waals surface area contributed by atoms with Crippen molar-refractivity contribution in [3.05, 3.63) is 0 Å². The smallest absolute Gasteiger partial charge is 0.0824 e. The van der Waals surface area contributed by atoms with E-state index in [0.717, 1.165) is 32.8 Å². The average molecular weight is 184 g/mol. The van der Waals surface area contributed by atoms with Gasteiger partial charge in [0.1, 0.15) is 0 Å². The van der Waals surface area contributed by atoms with Crippen molar-refractivity contribution in [2.75, 3.05) is 32.8 Å². The molecular weight excluding hydrogens is 164 g/mol. The lowest BCUT2D eigenvalue weighted by atomic mass is 10.1. The van der Waals surface area contributed by atoms with Crippen molar-refractivity contribution in [2.45, 2.75) is 25.9 Å². The van der Waals surface area contributed by atoms with E-state index in [1.54, 1.807) is 0 Å². The molecule has 1 heterocycles. The Kier molecular flexibility index (Phi) is 2.86. The molecule has 0 aromatic rings. The number of nitrogens with one attached hydrogen (secondary N) is 2. The molecule has 0 aromatic heterocycles. The molecule has 1 aliphatic carbocycles. The Morgan fingerprint density at radius 2 is 2.38 bits per heavy atom. The minimum absolute atomic E-state index is 0.385. The Morgan fingerprint density at radius 1 is 1.54 bits per heavy atom. The predicted molar refractivity (Wildman–Crippen MR) is 52.8 cm³/mol. The van der Waals surface area contributed by atoms with Crippen LogP contribution in [0.25, 0.3) is 0 Å². The topological polar surface area (TPSA) is 33.3 Å². The molecule has 1 saturated heterocycles. The summed E-state index contributed by atoms with van der Waals surface area (Å²) in [6.07, 6.45) is 3.17. The molecule has 1 unspecified atom stereocenters. The molecule has 2 N–H and O–H groups in total. The summed E-state index contributed by atoms with van der Waals surface area (Å²) in [6, 6.07) is 0. The van der Waals surface area contributed by atoms with E-state index in [2.05, 4.69) is 17.6 Å². The third-order valence-corrected chi connectivity index (χ3v) is 3.03. The number of hydrogen-bond acceptors (Lipinski definition) is 3. The van der Waals surface area contributed by atoms with Gasteiger partial charge in [-0.3, -0.25) is 0 Å². The maximum Gasteiger partial charge on any atom is 0.0824 e. The van der Waals surface area contributed by atoms with Crippen LogP contribution in [-0.4, -0.2) is 38.9 Å². The average Bonchev–Trinajstić information content (AvgIpc) is 2.86. The van der Waals surface area contributed by atoms with E-state index < -0.39 is 0 Å². The van der Waals surface area contributed by atoms with Gasteiger partial charge >= 0.3 is 0 Å². The highest BCUT2D eigenvalue weighted by Crippen LogP contribution is 2.43. The van der Waals surface area contributed by atoms with Gasteiger partial charge in [0.25, 0.3) is 0 Å². The Hall–Kier alpha value is -0.120. The van der Waals surface area contributed by atoms with Crippen molar-refractivity contribution in [3.8, 4) is 0 Å². The summed E-state index contributed by atoms with van der Waals surface area (Å²) in [5, 5.41) is 6.83. The summed E-state index contributed by atoms with van der Waals surface area (Å²) in [6.45, 7) is 7.39. The largest absolute Gasteiger partial charge is 0.374 e. The molecule has 0 amide bonds. The lowest BCUT2D eigenvalue weighted by Crippen LogP contribution is -2.44. The highest BCUT2D eigenvalue weighted by molar-refractivity contribution is 4.90. The number of morpholine rings is 1. The highest BCUT2D eigenvalue weighted by Gasteiger charge is 2.36. The zero-order chi connectivity index (χ0) is 9.15. The zero-order valence-corrected chi connectivity index (χ0v) is 8.44. The van der Waals surface area contributed by atoms with Gasteiger partial charge in [-0.2, -0.15) is 0 Å². The van der Waals surface area contributed by atoms with E-state index in [9.17, 15) is 0 Å². The first kappa shape index (κ1) is 9.44. The Morgan fingerprint density at radius 3 is 3.00 bits per heavy atom. The molecule has 0 radical (unpaired) electrons. The third kappa shape index (κ3) is 2.93. The van der Waals surface area contributed by atoms with Gasteiger partial charge in [-0.05, 0) is 18.3 Å². The summed E-state index contributed by atoms with van der Waals surface area (Å²) < 4.78 is 5.59. The van der Waals surface area contributed by atoms with Crippen LogP contribution in [0.2, 0.25) is 0 Å². The maximum atomic E-state index is 5.59. The van der Waals surface area contributed by atoms with E-state index in [0.29, 0.717) is 11.5 Å². The monoisotopic (exact) mass is 184 g/mol. The van der Waals surface area contributed by atoms with Gasteiger partial charge in [0.15, 0.2) is 0 Å². The number of hydrogen-bond donors (Lipinski definition) is 2. The Labute approximate surface area is 80.2 Å². The second-order valence-electron chi connectivity index (χ2n) is 4.64. The van der Waals surface area contributed by atoms with Crippen molar-refractivity contribution >= 4 is 0 Å². The van der Waals surface area contributed by atoms with Crippen LogP contribution in [0.15, 0.2) is 0 Å². The maximum absolute atomic E-state index is 5.59. The van der Waals surface area contributed by atoms with Gasteiger partial charge in [-0.25, -0.2) is 0 Å². The van der Waals surface area contributed by atoms with Gasteiger partial charge in [0.05, 0.1) is 12.7 Å². The molecule has 2 aliphatic rings. The van der Waals surface area contributed by atoms with Crippen molar-refractivity contribution in [3.63, 3.8) is 0 Å². The van der Waals surface area contributed by atoms with E-state index in [1.807, 2.05) is 0 Å². The van der Waals surface area contributed by atoms with Crippen LogP contribution in [0, 0.1) is 5.41 Å². The molecule has 0 bridgehead atoms. The van der Waals surface area contributed by atoms with Crippen molar-refractivity contribution in [2.24, 2.45) is 5.41 Å². The van der Waals surface area contributed by atoms with Gasteiger partial charge in [0.2, 0.25) is 0 Å². The summed E-state index contributed by atoms with van der Waals surface area (Å²) >= 11 is 0. The summed E-state index contributed by atoms with van der Waals surface area (Å²) in [4.78, 5) is 0. The molecule has 76 valence electrons. The SMILES string of the molecule is CC1(CNCC2CNCCO2)CC1. The molecule has 1 atom stereocenters. The van der Waals surface area contributed by atoms with E-state index in [-0.39, 0.29) is 0 Å². The fraction of sp³-hybridized carbons (Fsp3) is 1.00. The fourth-order valence-corrected chi connectivity index (χ4v) is 1.68. The predicted octanol–water partition coefficient (Wildman–Crippen LogP) is 0.364. The molecule has 3 nitrogen and oxygen atoms in total. The van der Waals surface area contributed by atoms with E-state index in [4.69, 9.17) is 4.74 Å². The van der Waals surface area contributed by atoms with Gasteiger partial charge in [-0.1, -0.05) is 6.92 Å². The molecule has 13 heavy (non-hydrogen) atoms. The quantitative estimate of drug-likeness (QED) is 0.662. The van der Waals surface area contributed by atoms with Crippen molar-refractivity contribution in [1.82, 2.24) is 10.6 Å². The normalized spacial score (nSPS) is 31.6. The van der Waals surface area contributed by atoms with Crippen molar-refractivity contribution < 1.29 is 4.74 Å². The first-order chi connectivity index (χ1) is 6.29. The molecule has 2 rings (SSSR count). The number of rotatable bonds is 4. The van der Waals surface area contributed by atoms with Crippen LogP contribution in [-0.2, 0) is 4.74 Å². The van der Waals surface area contributed by atoms with E-state index in [1.165, 1.54) is 12.8 Å². The van der Waals surface area contributed by atoms with Gasteiger partial charge < -0.3 is 15.4 Å². The van der Waals surface area contributed by atoms with Crippen molar-refractivity contribution in [1.29, 1.82) is 0 Å². The standard InChI is InChI=1S/C10H20N2O/c1-10(2-3-10)8-12-7-9-6-11-4-5-13-9/h9,11-12H,2-8H2,1H3. The molecule has 0 spiro atoms. The van der Waals surface area contributed by atoms with Crippen LogP contribution >= 0.6 is 0 Å². The first-order valence-electron chi connectivity index (χ1n) is 5.32.